The van der Waals surface area contributed by atoms with E-state index in [4.69, 9.17) is 22.1 Å². The topological polar surface area (TPSA) is 47.6 Å². The van der Waals surface area contributed by atoms with Crippen LogP contribution in [0.25, 0.3) is 0 Å². The lowest BCUT2D eigenvalue weighted by molar-refractivity contribution is 0.479. The first-order valence-corrected chi connectivity index (χ1v) is 6.45. The standard InChI is InChI=1S/C15H15ClN2O/c1-11-4-2-3-5-14(11)19-13-8-6-12(7-9-13)18-15(17)10-16/h2-9H,10H2,1H3,(H2,17,18). The van der Waals surface area contributed by atoms with E-state index in [1.165, 1.54) is 0 Å². The maximum atomic E-state index is 5.79. The molecule has 0 atom stereocenters. The monoisotopic (exact) mass is 274 g/mol. The van der Waals surface area contributed by atoms with E-state index in [-0.39, 0.29) is 5.88 Å². The number of nitrogens with zero attached hydrogens (tertiary/aromatic N) is 1. The van der Waals surface area contributed by atoms with Crippen LogP contribution in [-0.4, -0.2) is 11.7 Å². The number of aliphatic imine (C=N–C) groups is 1. The Morgan fingerprint density at radius 3 is 2.47 bits per heavy atom. The molecule has 0 fully saturated rings. The molecule has 2 aromatic carbocycles. The maximum absolute atomic E-state index is 5.79. The number of rotatable bonds is 4. The average molecular weight is 275 g/mol. The van der Waals surface area contributed by atoms with Gasteiger partial charge in [-0.25, -0.2) is 4.99 Å². The Morgan fingerprint density at radius 1 is 1.16 bits per heavy atom. The Labute approximate surface area is 117 Å². The van der Waals surface area contributed by atoms with E-state index in [0.29, 0.717) is 5.84 Å². The summed E-state index contributed by atoms with van der Waals surface area (Å²) in [5, 5.41) is 0. The van der Waals surface area contributed by atoms with Gasteiger partial charge in [-0.05, 0) is 42.8 Å². The number of amidine groups is 1. The molecule has 98 valence electrons. The molecule has 0 saturated heterocycles. The lowest BCUT2D eigenvalue weighted by Gasteiger charge is -2.08. The van der Waals surface area contributed by atoms with E-state index in [1.54, 1.807) is 0 Å². The van der Waals surface area contributed by atoms with E-state index >= 15 is 0 Å². The van der Waals surface area contributed by atoms with Gasteiger partial charge in [0.05, 0.1) is 11.6 Å². The number of nitrogens with two attached hydrogens (primary N) is 1. The quantitative estimate of drug-likeness (QED) is 0.520. The molecule has 2 N–H and O–H groups in total. The van der Waals surface area contributed by atoms with E-state index < -0.39 is 0 Å². The first-order chi connectivity index (χ1) is 9.19. The van der Waals surface area contributed by atoms with Crippen LogP contribution in [0.1, 0.15) is 5.56 Å². The summed E-state index contributed by atoms with van der Waals surface area (Å²) in [5.41, 5.74) is 7.43. The number of hydrogen-bond acceptors (Lipinski definition) is 2. The molecule has 19 heavy (non-hydrogen) atoms. The summed E-state index contributed by atoms with van der Waals surface area (Å²) < 4.78 is 5.79. The number of alkyl halides is 1. The van der Waals surface area contributed by atoms with Crippen LogP contribution in [0.3, 0.4) is 0 Å². The van der Waals surface area contributed by atoms with Crippen LogP contribution in [-0.2, 0) is 0 Å². The number of aryl methyl sites for hydroxylation is 1. The second kappa shape index (κ2) is 6.25. The van der Waals surface area contributed by atoms with Gasteiger partial charge >= 0.3 is 0 Å². The minimum absolute atomic E-state index is 0.224. The summed E-state index contributed by atoms with van der Waals surface area (Å²) in [4.78, 5) is 4.15. The van der Waals surface area contributed by atoms with Crippen molar-refractivity contribution in [1.29, 1.82) is 0 Å². The first-order valence-electron chi connectivity index (χ1n) is 5.91. The minimum atomic E-state index is 0.224. The van der Waals surface area contributed by atoms with Crippen LogP contribution in [0.5, 0.6) is 11.5 Å². The van der Waals surface area contributed by atoms with Gasteiger partial charge in [0, 0.05) is 0 Å². The highest BCUT2D eigenvalue weighted by molar-refractivity contribution is 6.28. The Hall–Kier alpha value is -2.00. The molecular formula is C15H15ClN2O. The second-order valence-electron chi connectivity index (χ2n) is 4.10. The van der Waals surface area contributed by atoms with Crippen molar-refractivity contribution in [1.82, 2.24) is 0 Å². The summed E-state index contributed by atoms with van der Waals surface area (Å²) in [7, 11) is 0. The summed E-state index contributed by atoms with van der Waals surface area (Å²) in [6.07, 6.45) is 0. The molecule has 2 rings (SSSR count). The Morgan fingerprint density at radius 2 is 1.84 bits per heavy atom. The van der Waals surface area contributed by atoms with Crippen molar-refractivity contribution in [2.24, 2.45) is 10.7 Å². The molecule has 0 amide bonds. The van der Waals surface area contributed by atoms with Crippen LogP contribution in [0.4, 0.5) is 5.69 Å². The van der Waals surface area contributed by atoms with Gasteiger partial charge in [0.25, 0.3) is 0 Å². The van der Waals surface area contributed by atoms with E-state index in [2.05, 4.69) is 4.99 Å². The van der Waals surface area contributed by atoms with E-state index in [0.717, 1.165) is 22.7 Å². The number of benzene rings is 2. The number of para-hydroxylation sites is 1. The number of hydrogen-bond donors (Lipinski definition) is 1. The van der Waals surface area contributed by atoms with Gasteiger partial charge in [0.15, 0.2) is 0 Å². The number of ether oxygens (including phenoxy) is 1. The lowest BCUT2D eigenvalue weighted by atomic mass is 10.2. The molecule has 2 aromatic rings. The predicted molar refractivity (Wildman–Crippen MR) is 79.7 cm³/mol. The molecule has 0 spiro atoms. The lowest BCUT2D eigenvalue weighted by Crippen LogP contribution is -2.12. The fourth-order valence-corrected chi connectivity index (χ4v) is 1.64. The SMILES string of the molecule is Cc1ccccc1Oc1ccc(N=C(N)CCl)cc1. The zero-order valence-corrected chi connectivity index (χ0v) is 11.4. The largest absolute Gasteiger partial charge is 0.457 e. The number of halogens is 1. The molecule has 4 heteroatoms. The minimum Gasteiger partial charge on any atom is -0.457 e. The predicted octanol–water partition coefficient (Wildman–Crippen LogP) is 4.01. The van der Waals surface area contributed by atoms with Crippen LogP contribution in [0.2, 0.25) is 0 Å². The summed E-state index contributed by atoms with van der Waals surface area (Å²) in [6, 6.07) is 15.3. The van der Waals surface area contributed by atoms with Crippen LogP contribution in [0.15, 0.2) is 53.5 Å². The van der Waals surface area contributed by atoms with Gasteiger partial charge in [-0.3, -0.25) is 0 Å². The van der Waals surface area contributed by atoms with Crippen LogP contribution in [0, 0.1) is 6.92 Å². The molecule has 0 aliphatic heterocycles. The molecule has 0 radical (unpaired) electrons. The van der Waals surface area contributed by atoms with Gasteiger partial charge in [-0.2, -0.15) is 0 Å². The summed E-state index contributed by atoms with van der Waals surface area (Å²) >= 11 is 5.58. The van der Waals surface area contributed by atoms with Crippen molar-refractivity contribution in [3.05, 3.63) is 54.1 Å². The summed E-state index contributed by atoms with van der Waals surface area (Å²) in [5.74, 6) is 2.23. The average Bonchev–Trinajstić information content (AvgIpc) is 2.43. The molecule has 0 aliphatic rings. The third kappa shape index (κ3) is 3.73. The van der Waals surface area contributed by atoms with Crippen molar-refractivity contribution in [2.75, 3.05) is 5.88 Å². The molecule has 0 unspecified atom stereocenters. The fourth-order valence-electron chi connectivity index (χ4n) is 1.58. The van der Waals surface area contributed by atoms with Gasteiger partial charge < -0.3 is 10.5 Å². The van der Waals surface area contributed by atoms with Crippen LogP contribution >= 0.6 is 11.6 Å². The zero-order chi connectivity index (χ0) is 13.7. The van der Waals surface area contributed by atoms with E-state index in [9.17, 15) is 0 Å². The van der Waals surface area contributed by atoms with Crippen molar-refractivity contribution < 1.29 is 4.74 Å². The second-order valence-corrected chi connectivity index (χ2v) is 4.37. The smallest absolute Gasteiger partial charge is 0.130 e. The maximum Gasteiger partial charge on any atom is 0.130 e. The Balaban J connectivity index is 2.13. The normalized spacial score (nSPS) is 11.4. The third-order valence-corrected chi connectivity index (χ3v) is 2.84. The van der Waals surface area contributed by atoms with Gasteiger partial charge in [0.2, 0.25) is 0 Å². The van der Waals surface area contributed by atoms with Gasteiger partial charge in [0.1, 0.15) is 17.3 Å². The highest BCUT2D eigenvalue weighted by Gasteiger charge is 2.00. The Bertz CT molecular complexity index is 579. The molecule has 0 saturated carbocycles. The van der Waals surface area contributed by atoms with Crippen LogP contribution < -0.4 is 10.5 Å². The van der Waals surface area contributed by atoms with Crippen molar-refractivity contribution in [3.8, 4) is 11.5 Å². The van der Waals surface area contributed by atoms with Crippen molar-refractivity contribution >= 4 is 23.1 Å². The molecule has 0 aliphatic carbocycles. The Kier molecular flexibility index (Phi) is 4.42. The zero-order valence-electron chi connectivity index (χ0n) is 10.6. The van der Waals surface area contributed by atoms with Crippen molar-refractivity contribution in [3.63, 3.8) is 0 Å². The molecular weight excluding hydrogens is 260 g/mol. The molecule has 0 aromatic heterocycles. The first kappa shape index (κ1) is 13.4. The molecule has 3 nitrogen and oxygen atoms in total. The van der Waals surface area contributed by atoms with Gasteiger partial charge in [-0.15, -0.1) is 11.6 Å². The fraction of sp³-hybridized carbons (Fsp3) is 0.133. The highest BCUT2D eigenvalue weighted by atomic mass is 35.5. The summed E-state index contributed by atoms with van der Waals surface area (Å²) in [6.45, 7) is 2.01. The van der Waals surface area contributed by atoms with Gasteiger partial charge in [-0.1, -0.05) is 18.2 Å². The highest BCUT2D eigenvalue weighted by Crippen LogP contribution is 2.26. The molecule has 0 bridgehead atoms. The van der Waals surface area contributed by atoms with E-state index in [1.807, 2.05) is 55.5 Å². The molecule has 0 heterocycles. The van der Waals surface area contributed by atoms with Crippen molar-refractivity contribution in [2.45, 2.75) is 6.92 Å². The third-order valence-electron chi connectivity index (χ3n) is 2.57.